The van der Waals surface area contributed by atoms with E-state index in [0.29, 0.717) is 13.0 Å². The topological polar surface area (TPSA) is 44.5 Å². The standard InChI is InChI=1S/C11H13F2NO2/c12-8-5-7(14)6-9(11(8)13)16-10-3-1-2-4-15-10/h5-6,10H,1-4,14H2. The first-order chi connectivity index (χ1) is 7.66. The van der Waals surface area contributed by atoms with Crippen LogP contribution in [0.1, 0.15) is 19.3 Å². The molecule has 0 aliphatic carbocycles. The number of ether oxygens (including phenoxy) is 2. The van der Waals surface area contributed by atoms with Gasteiger partial charge in [0.15, 0.2) is 17.9 Å². The van der Waals surface area contributed by atoms with Gasteiger partial charge in [0.25, 0.3) is 0 Å². The molecule has 1 heterocycles. The molecule has 0 amide bonds. The smallest absolute Gasteiger partial charge is 0.200 e. The predicted molar refractivity (Wildman–Crippen MR) is 55.0 cm³/mol. The summed E-state index contributed by atoms with van der Waals surface area (Å²) in [5, 5.41) is 0. The molecule has 1 aromatic rings. The molecule has 1 atom stereocenters. The Balaban J connectivity index is 2.13. The first-order valence-corrected chi connectivity index (χ1v) is 5.19. The molecule has 1 aliphatic rings. The van der Waals surface area contributed by atoms with E-state index in [1.807, 2.05) is 0 Å². The lowest BCUT2D eigenvalue weighted by atomic mass is 10.2. The largest absolute Gasteiger partial charge is 0.462 e. The summed E-state index contributed by atoms with van der Waals surface area (Å²) in [7, 11) is 0. The molecule has 16 heavy (non-hydrogen) atoms. The van der Waals surface area contributed by atoms with Crippen LogP contribution in [0.4, 0.5) is 14.5 Å². The Kier molecular flexibility index (Phi) is 3.24. The first kappa shape index (κ1) is 11.1. The van der Waals surface area contributed by atoms with E-state index in [9.17, 15) is 8.78 Å². The lowest BCUT2D eigenvalue weighted by molar-refractivity contribution is -0.107. The molecule has 0 radical (unpaired) electrons. The van der Waals surface area contributed by atoms with E-state index in [2.05, 4.69) is 0 Å². The molecule has 0 aromatic heterocycles. The molecular formula is C11H13F2NO2. The van der Waals surface area contributed by atoms with Gasteiger partial charge in [0.05, 0.1) is 6.61 Å². The zero-order valence-corrected chi connectivity index (χ0v) is 8.71. The van der Waals surface area contributed by atoms with Gasteiger partial charge in [-0.3, -0.25) is 0 Å². The molecule has 2 rings (SSSR count). The van der Waals surface area contributed by atoms with Crippen molar-refractivity contribution >= 4 is 5.69 Å². The summed E-state index contributed by atoms with van der Waals surface area (Å²) >= 11 is 0. The molecule has 5 heteroatoms. The van der Waals surface area contributed by atoms with E-state index in [1.54, 1.807) is 0 Å². The normalized spacial score (nSPS) is 20.8. The summed E-state index contributed by atoms with van der Waals surface area (Å²) in [5.41, 5.74) is 5.54. The summed E-state index contributed by atoms with van der Waals surface area (Å²) in [6, 6.07) is 2.18. The van der Waals surface area contributed by atoms with Crippen molar-refractivity contribution in [3.63, 3.8) is 0 Å². The molecular weight excluding hydrogens is 216 g/mol. The van der Waals surface area contributed by atoms with Gasteiger partial charge < -0.3 is 15.2 Å². The first-order valence-electron chi connectivity index (χ1n) is 5.19. The van der Waals surface area contributed by atoms with Gasteiger partial charge in [-0.05, 0) is 12.8 Å². The van der Waals surface area contributed by atoms with Gasteiger partial charge in [-0.25, -0.2) is 4.39 Å². The second-order valence-electron chi connectivity index (χ2n) is 3.73. The van der Waals surface area contributed by atoms with E-state index in [0.717, 1.165) is 18.9 Å². The van der Waals surface area contributed by atoms with Crippen LogP contribution in [-0.2, 0) is 4.74 Å². The maximum absolute atomic E-state index is 13.3. The van der Waals surface area contributed by atoms with Crippen molar-refractivity contribution in [1.29, 1.82) is 0 Å². The minimum absolute atomic E-state index is 0.129. The van der Waals surface area contributed by atoms with Gasteiger partial charge in [-0.2, -0.15) is 4.39 Å². The summed E-state index contributed by atoms with van der Waals surface area (Å²) in [6.45, 7) is 0.580. The van der Waals surface area contributed by atoms with Crippen molar-refractivity contribution < 1.29 is 18.3 Å². The molecule has 0 saturated carbocycles. The van der Waals surface area contributed by atoms with Crippen molar-refractivity contribution in [2.24, 2.45) is 0 Å². The lowest BCUT2D eigenvalue weighted by Gasteiger charge is -2.23. The second-order valence-corrected chi connectivity index (χ2v) is 3.73. The van der Waals surface area contributed by atoms with Gasteiger partial charge >= 0.3 is 0 Å². The van der Waals surface area contributed by atoms with Gasteiger partial charge in [0.1, 0.15) is 0 Å². The lowest BCUT2D eigenvalue weighted by Crippen LogP contribution is -2.25. The Hall–Kier alpha value is -1.36. The quantitative estimate of drug-likeness (QED) is 0.792. The van der Waals surface area contributed by atoms with Crippen LogP contribution in [0.15, 0.2) is 12.1 Å². The highest BCUT2D eigenvalue weighted by Gasteiger charge is 2.19. The highest BCUT2D eigenvalue weighted by Crippen LogP contribution is 2.26. The van der Waals surface area contributed by atoms with Crippen molar-refractivity contribution in [3.8, 4) is 5.75 Å². The van der Waals surface area contributed by atoms with Gasteiger partial charge in [0.2, 0.25) is 5.82 Å². The number of anilines is 1. The van der Waals surface area contributed by atoms with Gasteiger partial charge in [-0.1, -0.05) is 0 Å². The van der Waals surface area contributed by atoms with Crippen LogP contribution < -0.4 is 10.5 Å². The van der Waals surface area contributed by atoms with Crippen LogP contribution in [0.3, 0.4) is 0 Å². The second kappa shape index (κ2) is 4.65. The molecule has 1 aromatic carbocycles. The third-order valence-corrected chi connectivity index (χ3v) is 2.41. The Bertz CT molecular complexity index is 378. The number of halogens is 2. The Morgan fingerprint density at radius 3 is 2.81 bits per heavy atom. The minimum Gasteiger partial charge on any atom is -0.462 e. The Labute approximate surface area is 92.1 Å². The fraction of sp³-hybridized carbons (Fsp3) is 0.455. The molecule has 1 saturated heterocycles. The van der Waals surface area contributed by atoms with E-state index in [4.69, 9.17) is 15.2 Å². The number of hydrogen-bond donors (Lipinski definition) is 1. The number of rotatable bonds is 2. The van der Waals surface area contributed by atoms with Crippen molar-refractivity contribution in [1.82, 2.24) is 0 Å². The van der Waals surface area contributed by atoms with Gasteiger partial charge in [0, 0.05) is 24.2 Å². The molecule has 3 nitrogen and oxygen atoms in total. The fourth-order valence-corrected chi connectivity index (χ4v) is 1.62. The van der Waals surface area contributed by atoms with E-state index in [-0.39, 0.29) is 11.4 Å². The van der Waals surface area contributed by atoms with Crippen LogP contribution >= 0.6 is 0 Å². The summed E-state index contributed by atoms with van der Waals surface area (Å²) in [5.74, 6) is -2.22. The molecule has 1 aliphatic heterocycles. The van der Waals surface area contributed by atoms with E-state index >= 15 is 0 Å². The third kappa shape index (κ3) is 2.41. The highest BCUT2D eigenvalue weighted by molar-refractivity contribution is 5.45. The predicted octanol–water partition coefficient (Wildman–Crippen LogP) is 2.45. The maximum Gasteiger partial charge on any atom is 0.200 e. The Morgan fingerprint density at radius 2 is 2.12 bits per heavy atom. The van der Waals surface area contributed by atoms with Crippen LogP contribution in [-0.4, -0.2) is 12.9 Å². The highest BCUT2D eigenvalue weighted by atomic mass is 19.2. The molecule has 1 unspecified atom stereocenters. The minimum atomic E-state index is -1.02. The summed E-state index contributed by atoms with van der Waals surface area (Å²) < 4.78 is 36.8. The summed E-state index contributed by atoms with van der Waals surface area (Å²) in [4.78, 5) is 0. The van der Waals surface area contributed by atoms with E-state index < -0.39 is 17.9 Å². The Morgan fingerprint density at radius 1 is 1.31 bits per heavy atom. The number of nitrogens with two attached hydrogens (primary N) is 1. The van der Waals surface area contributed by atoms with Crippen molar-refractivity contribution in [2.45, 2.75) is 25.6 Å². The van der Waals surface area contributed by atoms with Crippen molar-refractivity contribution in [3.05, 3.63) is 23.8 Å². The average molecular weight is 229 g/mol. The van der Waals surface area contributed by atoms with Crippen LogP contribution in [0.2, 0.25) is 0 Å². The zero-order valence-electron chi connectivity index (χ0n) is 8.71. The SMILES string of the molecule is Nc1cc(F)c(F)c(OC2CCCCO2)c1. The maximum atomic E-state index is 13.3. The average Bonchev–Trinajstić information content (AvgIpc) is 2.27. The van der Waals surface area contributed by atoms with Crippen LogP contribution in [0.25, 0.3) is 0 Å². The molecule has 1 fully saturated rings. The number of benzene rings is 1. The number of nitrogen functional groups attached to an aromatic ring is 1. The summed E-state index contributed by atoms with van der Waals surface area (Å²) in [6.07, 6.45) is 2.09. The number of hydrogen-bond acceptors (Lipinski definition) is 3. The van der Waals surface area contributed by atoms with E-state index in [1.165, 1.54) is 6.07 Å². The monoisotopic (exact) mass is 229 g/mol. The van der Waals surface area contributed by atoms with Crippen LogP contribution in [0.5, 0.6) is 5.75 Å². The molecule has 2 N–H and O–H groups in total. The fourth-order valence-electron chi connectivity index (χ4n) is 1.62. The van der Waals surface area contributed by atoms with Crippen LogP contribution in [0, 0.1) is 11.6 Å². The molecule has 88 valence electrons. The van der Waals surface area contributed by atoms with Crippen molar-refractivity contribution in [2.75, 3.05) is 12.3 Å². The molecule has 0 spiro atoms. The van der Waals surface area contributed by atoms with Gasteiger partial charge in [-0.15, -0.1) is 0 Å². The molecule has 0 bridgehead atoms. The zero-order chi connectivity index (χ0) is 11.5. The third-order valence-electron chi connectivity index (χ3n) is 2.41.